The summed E-state index contributed by atoms with van der Waals surface area (Å²) in [5, 5.41) is 0. The fraction of sp³-hybridized carbons (Fsp3) is 0.611. The molecular weight excluding hydrogens is 297 g/mol. The molecule has 5 heteroatoms. The molecule has 2 rings (SSSR count). The number of benzene rings is 1. The molecule has 23 heavy (non-hydrogen) atoms. The summed E-state index contributed by atoms with van der Waals surface area (Å²) < 4.78 is 23.9. The van der Waals surface area contributed by atoms with Gasteiger partial charge in [-0.25, -0.2) is 4.39 Å². The van der Waals surface area contributed by atoms with Crippen LogP contribution in [0.5, 0.6) is 0 Å². The van der Waals surface area contributed by atoms with Crippen molar-refractivity contribution in [3.8, 4) is 0 Å². The molecule has 0 saturated carbocycles. The molecule has 128 valence electrons. The molecule has 1 aromatic rings. The number of hydrogen-bond donors (Lipinski definition) is 0. The second-order valence-corrected chi connectivity index (χ2v) is 6.54. The number of carbonyl (C=O) groups excluding carboxylic acids is 1. The van der Waals surface area contributed by atoms with Crippen molar-refractivity contribution in [1.82, 2.24) is 4.90 Å². The molecule has 0 radical (unpaired) electrons. The number of rotatable bonds is 7. The SMILES string of the molecule is COCCN(CC1(C)CCOCC1)C(=O)Cc1cccc(F)c1. The maximum Gasteiger partial charge on any atom is 0.227 e. The number of nitrogens with zero attached hydrogens (tertiary/aromatic N) is 1. The Bertz CT molecular complexity index is 515. The zero-order valence-electron chi connectivity index (χ0n) is 14.0. The van der Waals surface area contributed by atoms with Crippen LogP contribution in [0.2, 0.25) is 0 Å². The predicted octanol–water partition coefficient (Wildman–Crippen LogP) is 2.66. The summed E-state index contributed by atoms with van der Waals surface area (Å²) >= 11 is 0. The summed E-state index contributed by atoms with van der Waals surface area (Å²) in [7, 11) is 1.63. The predicted molar refractivity (Wildman–Crippen MR) is 86.7 cm³/mol. The van der Waals surface area contributed by atoms with Gasteiger partial charge in [-0.3, -0.25) is 4.79 Å². The van der Waals surface area contributed by atoms with Gasteiger partial charge in [0, 0.05) is 33.4 Å². The largest absolute Gasteiger partial charge is 0.383 e. The van der Waals surface area contributed by atoms with Crippen molar-refractivity contribution in [1.29, 1.82) is 0 Å². The monoisotopic (exact) mass is 323 g/mol. The van der Waals surface area contributed by atoms with E-state index in [-0.39, 0.29) is 23.6 Å². The number of ether oxygens (including phenoxy) is 2. The van der Waals surface area contributed by atoms with Crippen molar-refractivity contribution >= 4 is 5.91 Å². The van der Waals surface area contributed by atoms with Gasteiger partial charge in [0.1, 0.15) is 5.82 Å². The molecular formula is C18H26FNO3. The Kier molecular flexibility index (Phi) is 6.54. The van der Waals surface area contributed by atoms with Crippen LogP contribution in [0.25, 0.3) is 0 Å². The molecule has 0 unspecified atom stereocenters. The van der Waals surface area contributed by atoms with Gasteiger partial charge in [0.2, 0.25) is 5.91 Å². The number of halogens is 1. The van der Waals surface area contributed by atoms with Crippen LogP contribution in [0.15, 0.2) is 24.3 Å². The van der Waals surface area contributed by atoms with Crippen LogP contribution in [-0.4, -0.2) is 50.8 Å². The van der Waals surface area contributed by atoms with Gasteiger partial charge in [0.15, 0.2) is 0 Å². The average molecular weight is 323 g/mol. The molecule has 1 saturated heterocycles. The van der Waals surface area contributed by atoms with E-state index in [1.54, 1.807) is 19.2 Å². The van der Waals surface area contributed by atoms with Crippen LogP contribution in [-0.2, 0) is 20.7 Å². The zero-order chi connectivity index (χ0) is 16.7. The Balaban J connectivity index is 2.02. The molecule has 1 aromatic carbocycles. The van der Waals surface area contributed by atoms with Crippen molar-refractivity contribution in [2.75, 3.05) is 40.0 Å². The molecule has 1 aliphatic rings. The summed E-state index contributed by atoms with van der Waals surface area (Å²) in [6, 6.07) is 6.23. The molecule has 0 N–H and O–H groups in total. The van der Waals surface area contributed by atoms with Crippen LogP contribution < -0.4 is 0 Å². The van der Waals surface area contributed by atoms with Gasteiger partial charge >= 0.3 is 0 Å². The summed E-state index contributed by atoms with van der Waals surface area (Å²) in [5.74, 6) is -0.296. The Morgan fingerprint density at radius 2 is 2.13 bits per heavy atom. The van der Waals surface area contributed by atoms with E-state index in [1.807, 2.05) is 4.90 Å². The van der Waals surface area contributed by atoms with Crippen molar-refractivity contribution in [3.05, 3.63) is 35.6 Å². The standard InChI is InChI=1S/C18H26FNO3/c1-18(6-9-23-10-7-18)14-20(8-11-22-2)17(21)13-15-4-3-5-16(19)12-15/h3-5,12H,6-11,13-14H2,1-2H3. The van der Waals surface area contributed by atoms with Gasteiger partial charge in [-0.2, -0.15) is 0 Å². The number of hydrogen-bond acceptors (Lipinski definition) is 3. The van der Waals surface area contributed by atoms with Gasteiger partial charge in [-0.1, -0.05) is 19.1 Å². The maximum absolute atomic E-state index is 13.3. The van der Waals surface area contributed by atoms with Crippen molar-refractivity contribution < 1.29 is 18.7 Å². The highest BCUT2D eigenvalue weighted by atomic mass is 19.1. The van der Waals surface area contributed by atoms with Crippen molar-refractivity contribution in [2.24, 2.45) is 5.41 Å². The molecule has 0 aliphatic carbocycles. The molecule has 1 aliphatic heterocycles. The first-order chi connectivity index (χ1) is 11.0. The molecule has 1 fully saturated rings. The fourth-order valence-electron chi connectivity index (χ4n) is 2.91. The normalized spacial score (nSPS) is 17.0. The number of methoxy groups -OCH3 is 1. The minimum absolute atomic E-state index is 0.0142. The topological polar surface area (TPSA) is 38.8 Å². The van der Waals surface area contributed by atoms with Crippen molar-refractivity contribution in [2.45, 2.75) is 26.2 Å². The first-order valence-corrected chi connectivity index (χ1v) is 8.11. The van der Waals surface area contributed by atoms with E-state index in [2.05, 4.69) is 6.92 Å². The molecule has 4 nitrogen and oxygen atoms in total. The van der Waals surface area contributed by atoms with Crippen LogP contribution in [0, 0.1) is 11.2 Å². The molecule has 0 atom stereocenters. The Morgan fingerprint density at radius 3 is 2.78 bits per heavy atom. The minimum Gasteiger partial charge on any atom is -0.383 e. The number of carbonyl (C=O) groups is 1. The highest BCUT2D eigenvalue weighted by molar-refractivity contribution is 5.78. The summed E-state index contributed by atoms with van der Waals surface area (Å²) in [6.45, 7) is 5.43. The minimum atomic E-state index is -0.310. The van der Waals surface area contributed by atoms with E-state index in [9.17, 15) is 9.18 Å². The lowest BCUT2D eigenvalue weighted by atomic mass is 9.82. The van der Waals surface area contributed by atoms with Gasteiger partial charge in [0.05, 0.1) is 13.0 Å². The Labute approximate surface area is 137 Å². The molecule has 1 heterocycles. The highest BCUT2D eigenvalue weighted by Gasteiger charge is 2.31. The van der Waals surface area contributed by atoms with Gasteiger partial charge < -0.3 is 14.4 Å². The zero-order valence-corrected chi connectivity index (χ0v) is 14.0. The maximum atomic E-state index is 13.3. The highest BCUT2D eigenvalue weighted by Crippen LogP contribution is 2.30. The molecule has 0 spiro atoms. The lowest BCUT2D eigenvalue weighted by Gasteiger charge is -2.38. The fourth-order valence-corrected chi connectivity index (χ4v) is 2.91. The van der Waals surface area contributed by atoms with Crippen LogP contribution >= 0.6 is 0 Å². The lowest BCUT2D eigenvalue weighted by molar-refractivity contribution is -0.133. The van der Waals surface area contributed by atoms with E-state index in [1.165, 1.54) is 12.1 Å². The van der Waals surface area contributed by atoms with Crippen LogP contribution in [0.4, 0.5) is 4.39 Å². The second-order valence-electron chi connectivity index (χ2n) is 6.54. The van der Waals surface area contributed by atoms with Crippen LogP contribution in [0.1, 0.15) is 25.3 Å². The smallest absolute Gasteiger partial charge is 0.227 e. The average Bonchev–Trinajstić information content (AvgIpc) is 2.52. The lowest BCUT2D eigenvalue weighted by Crippen LogP contribution is -2.44. The van der Waals surface area contributed by atoms with E-state index in [0.717, 1.165) is 26.1 Å². The van der Waals surface area contributed by atoms with Gasteiger partial charge in [-0.05, 0) is 36.0 Å². The van der Waals surface area contributed by atoms with E-state index < -0.39 is 0 Å². The first kappa shape index (κ1) is 17.9. The number of amides is 1. The third kappa shape index (κ3) is 5.59. The van der Waals surface area contributed by atoms with Crippen LogP contribution in [0.3, 0.4) is 0 Å². The van der Waals surface area contributed by atoms with Crippen molar-refractivity contribution in [3.63, 3.8) is 0 Å². The van der Waals surface area contributed by atoms with E-state index in [0.29, 0.717) is 25.3 Å². The summed E-state index contributed by atoms with van der Waals surface area (Å²) in [5.41, 5.74) is 0.776. The first-order valence-electron chi connectivity index (χ1n) is 8.11. The third-order valence-corrected chi connectivity index (χ3v) is 4.43. The van der Waals surface area contributed by atoms with Gasteiger partial charge in [0.25, 0.3) is 0 Å². The molecule has 1 amide bonds. The Hall–Kier alpha value is -1.46. The summed E-state index contributed by atoms with van der Waals surface area (Å²) in [4.78, 5) is 14.5. The Morgan fingerprint density at radius 1 is 1.39 bits per heavy atom. The van der Waals surface area contributed by atoms with Gasteiger partial charge in [-0.15, -0.1) is 0 Å². The second kappa shape index (κ2) is 8.41. The quantitative estimate of drug-likeness (QED) is 0.774. The molecule has 0 bridgehead atoms. The third-order valence-electron chi connectivity index (χ3n) is 4.43. The summed E-state index contributed by atoms with van der Waals surface area (Å²) in [6.07, 6.45) is 2.11. The van der Waals surface area contributed by atoms with E-state index >= 15 is 0 Å². The molecule has 0 aromatic heterocycles. The van der Waals surface area contributed by atoms with E-state index in [4.69, 9.17) is 9.47 Å².